The first-order chi connectivity index (χ1) is 11.2. The topological polar surface area (TPSA) is 52.6 Å². The molecule has 1 aliphatic carbocycles. The first kappa shape index (κ1) is 15.3. The number of rotatable bonds is 5. The van der Waals surface area contributed by atoms with Gasteiger partial charge in [0.05, 0.1) is 19.4 Å². The third-order valence-electron chi connectivity index (χ3n) is 3.87. The predicted octanol–water partition coefficient (Wildman–Crippen LogP) is 3.51. The lowest BCUT2D eigenvalue weighted by atomic mass is 10.1. The van der Waals surface area contributed by atoms with Gasteiger partial charge in [-0.15, -0.1) is 0 Å². The van der Waals surface area contributed by atoms with Gasteiger partial charge in [0.25, 0.3) is 0 Å². The third-order valence-corrected chi connectivity index (χ3v) is 3.87. The van der Waals surface area contributed by atoms with Crippen LogP contribution in [0.5, 0.6) is 5.75 Å². The van der Waals surface area contributed by atoms with Crippen LogP contribution in [0, 0.1) is 0 Å². The van der Waals surface area contributed by atoms with E-state index in [1.165, 1.54) is 11.1 Å². The highest BCUT2D eigenvalue weighted by atomic mass is 16.5. The van der Waals surface area contributed by atoms with Crippen molar-refractivity contribution in [3.8, 4) is 16.9 Å². The molecule has 0 amide bonds. The lowest BCUT2D eigenvalue weighted by Gasteiger charge is -2.09. The molecule has 0 atom stereocenters. The van der Waals surface area contributed by atoms with Gasteiger partial charge in [0.15, 0.2) is 0 Å². The summed E-state index contributed by atoms with van der Waals surface area (Å²) < 4.78 is 10.3. The molecule has 0 unspecified atom stereocenters. The Hall–Kier alpha value is -2.62. The molecule has 1 aliphatic rings. The van der Waals surface area contributed by atoms with Crippen molar-refractivity contribution >= 4 is 11.9 Å². The van der Waals surface area contributed by atoms with Crippen LogP contribution in [-0.2, 0) is 20.7 Å². The summed E-state index contributed by atoms with van der Waals surface area (Å²) in [5.41, 5.74) is 4.55. The van der Waals surface area contributed by atoms with Gasteiger partial charge >= 0.3 is 11.9 Å². The maximum absolute atomic E-state index is 12.0. The molecule has 2 aromatic carbocycles. The monoisotopic (exact) mass is 310 g/mol. The van der Waals surface area contributed by atoms with E-state index in [2.05, 4.69) is 12.1 Å². The van der Waals surface area contributed by atoms with Crippen LogP contribution in [0.3, 0.4) is 0 Å². The second-order valence-electron chi connectivity index (χ2n) is 5.40. The minimum absolute atomic E-state index is 0.0233. The van der Waals surface area contributed by atoms with Crippen LogP contribution < -0.4 is 4.74 Å². The van der Waals surface area contributed by atoms with Crippen LogP contribution in [0.4, 0.5) is 0 Å². The van der Waals surface area contributed by atoms with E-state index >= 15 is 0 Å². The highest BCUT2D eigenvalue weighted by molar-refractivity contribution is 5.82. The van der Waals surface area contributed by atoms with E-state index in [1.807, 2.05) is 24.3 Å². The molecule has 0 aromatic heterocycles. The zero-order valence-corrected chi connectivity index (χ0v) is 13.0. The molecule has 0 heterocycles. The van der Waals surface area contributed by atoms with Gasteiger partial charge < -0.3 is 9.47 Å². The molecule has 0 bridgehead atoms. The van der Waals surface area contributed by atoms with Gasteiger partial charge in [-0.3, -0.25) is 9.59 Å². The Labute approximate surface area is 135 Å². The average Bonchev–Trinajstić information content (AvgIpc) is 2.93. The summed E-state index contributed by atoms with van der Waals surface area (Å²) >= 11 is 0. The highest BCUT2D eigenvalue weighted by Gasteiger charge is 2.22. The number of hydrogen-bond acceptors (Lipinski definition) is 4. The number of fused-ring (bicyclic) bond motifs is 3. The lowest BCUT2D eigenvalue weighted by molar-refractivity contribution is -0.146. The molecule has 23 heavy (non-hydrogen) atoms. The number of benzene rings is 2. The van der Waals surface area contributed by atoms with E-state index in [-0.39, 0.29) is 18.8 Å². The van der Waals surface area contributed by atoms with Gasteiger partial charge in [-0.1, -0.05) is 36.4 Å². The third kappa shape index (κ3) is 3.26. The van der Waals surface area contributed by atoms with E-state index < -0.39 is 5.97 Å². The molecule has 0 radical (unpaired) electrons. The molecule has 3 rings (SSSR count). The summed E-state index contributed by atoms with van der Waals surface area (Å²) in [6, 6.07) is 13.9. The maximum Gasteiger partial charge on any atom is 0.311 e. The summed E-state index contributed by atoms with van der Waals surface area (Å²) in [7, 11) is 0. The summed E-state index contributed by atoms with van der Waals surface area (Å²) in [4.78, 5) is 23.3. The summed E-state index contributed by atoms with van der Waals surface area (Å²) in [5, 5.41) is 0. The van der Waals surface area contributed by atoms with E-state index in [4.69, 9.17) is 9.47 Å². The molecular weight excluding hydrogens is 292 g/mol. The molecule has 0 N–H and O–H groups in total. The summed E-state index contributed by atoms with van der Waals surface area (Å²) in [6.07, 6.45) is 0.824. The van der Waals surface area contributed by atoms with Gasteiger partial charge in [0.2, 0.25) is 0 Å². The van der Waals surface area contributed by atoms with Crippen molar-refractivity contribution in [1.29, 1.82) is 0 Å². The van der Waals surface area contributed by atoms with E-state index in [0.717, 1.165) is 17.5 Å². The van der Waals surface area contributed by atoms with E-state index in [1.54, 1.807) is 13.0 Å². The minimum Gasteiger partial charge on any atom is -0.466 e. The van der Waals surface area contributed by atoms with Crippen molar-refractivity contribution in [2.75, 3.05) is 6.61 Å². The minimum atomic E-state index is -0.414. The van der Waals surface area contributed by atoms with E-state index in [9.17, 15) is 9.59 Å². The van der Waals surface area contributed by atoms with Gasteiger partial charge in [-0.2, -0.15) is 0 Å². The van der Waals surface area contributed by atoms with Crippen molar-refractivity contribution in [1.82, 2.24) is 0 Å². The lowest BCUT2D eigenvalue weighted by Crippen LogP contribution is -2.13. The Bertz CT molecular complexity index is 749. The fourth-order valence-corrected chi connectivity index (χ4v) is 2.83. The molecule has 0 saturated carbocycles. The molecular formula is C19H18O4. The van der Waals surface area contributed by atoms with Crippen LogP contribution in [-0.4, -0.2) is 18.5 Å². The van der Waals surface area contributed by atoms with Crippen LogP contribution in [0.15, 0.2) is 42.5 Å². The van der Waals surface area contributed by atoms with Gasteiger partial charge in [-0.25, -0.2) is 0 Å². The molecule has 0 aliphatic heterocycles. The van der Waals surface area contributed by atoms with Crippen molar-refractivity contribution in [2.24, 2.45) is 0 Å². The number of carbonyl (C=O) groups is 2. The first-order valence-electron chi connectivity index (χ1n) is 7.75. The number of carbonyl (C=O) groups excluding carboxylic acids is 2. The van der Waals surface area contributed by atoms with E-state index in [0.29, 0.717) is 12.4 Å². The molecule has 0 spiro atoms. The van der Waals surface area contributed by atoms with Crippen LogP contribution in [0.1, 0.15) is 30.9 Å². The standard InChI is InChI=1S/C19H18O4/c1-2-22-18(20)10-11-19(21)23-17-9-5-8-15-14-7-4-3-6-13(14)12-16(15)17/h3-9H,2,10-12H2,1H3. The van der Waals surface area contributed by atoms with Crippen molar-refractivity contribution in [2.45, 2.75) is 26.2 Å². The molecule has 0 fully saturated rings. The maximum atomic E-state index is 12.0. The van der Waals surface area contributed by atoms with Gasteiger partial charge in [-0.05, 0) is 29.7 Å². The van der Waals surface area contributed by atoms with Crippen molar-refractivity contribution in [3.63, 3.8) is 0 Å². The Morgan fingerprint density at radius 1 is 0.957 bits per heavy atom. The normalized spacial score (nSPS) is 11.5. The van der Waals surface area contributed by atoms with Crippen molar-refractivity contribution in [3.05, 3.63) is 53.6 Å². The Morgan fingerprint density at radius 2 is 1.70 bits per heavy atom. The molecule has 4 heteroatoms. The van der Waals surface area contributed by atoms with Gasteiger partial charge in [0, 0.05) is 12.0 Å². The van der Waals surface area contributed by atoms with Crippen LogP contribution in [0.25, 0.3) is 11.1 Å². The number of hydrogen-bond donors (Lipinski definition) is 0. The molecule has 118 valence electrons. The fourth-order valence-electron chi connectivity index (χ4n) is 2.83. The smallest absolute Gasteiger partial charge is 0.311 e. The predicted molar refractivity (Wildman–Crippen MR) is 86.2 cm³/mol. The van der Waals surface area contributed by atoms with Crippen molar-refractivity contribution < 1.29 is 19.1 Å². The molecule has 0 saturated heterocycles. The highest BCUT2D eigenvalue weighted by Crippen LogP contribution is 2.40. The zero-order chi connectivity index (χ0) is 16.2. The van der Waals surface area contributed by atoms with Crippen LogP contribution in [0.2, 0.25) is 0 Å². The van der Waals surface area contributed by atoms with Crippen LogP contribution >= 0.6 is 0 Å². The SMILES string of the molecule is CCOC(=O)CCC(=O)Oc1cccc2c1Cc1ccccc1-2. The second kappa shape index (κ2) is 6.65. The largest absolute Gasteiger partial charge is 0.466 e. The first-order valence-corrected chi connectivity index (χ1v) is 7.75. The quantitative estimate of drug-likeness (QED) is 0.534. The Kier molecular flexibility index (Phi) is 4.42. The molecule has 2 aromatic rings. The Morgan fingerprint density at radius 3 is 2.52 bits per heavy atom. The average molecular weight is 310 g/mol. The number of esters is 2. The summed E-state index contributed by atoms with van der Waals surface area (Å²) in [5.74, 6) is -0.217. The summed E-state index contributed by atoms with van der Waals surface area (Å²) in [6.45, 7) is 2.06. The molecule has 4 nitrogen and oxygen atoms in total. The Balaban J connectivity index is 1.71. The fraction of sp³-hybridized carbons (Fsp3) is 0.263. The second-order valence-corrected chi connectivity index (χ2v) is 5.40. The zero-order valence-electron chi connectivity index (χ0n) is 13.0. The van der Waals surface area contributed by atoms with Gasteiger partial charge in [0.1, 0.15) is 5.75 Å². The number of ether oxygens (including phenoxy) is 2.